The lowest BCUT2D eigenvalue weighted by molar-refractivity contribution is 1.21. The minimum Gasteiger partial charge on any atom is -0.198 e. The molecule has 0 heterocycles. The van der Waals surface area contributed by atoms with Crippen LogP contribution in [-0.2, 0) is 6.42 Å². The zero-order chi connectivity index (χ0) is 13.1. The lowest BCUT2D eigenvalue weighted by Gasteiger charge is -2.10. The fourth-order valence-electron chi connectivity index (χ4n) is 2.19. The van der Waals surface area contributed by atoms with Crippen LogP contribution in [0, 0.1) is 32.1 Å². The third kappa shape index (κ3) is 2.43. The number of hydrogen-bond donors (Lipinski definition) is 0. The summed E-state index contributed by atoms with van der Waals surface area (Å²) in [6.07, 6.45) is 0.485. The molecule has 2 aromatic rings. The quantitative estimate of drug-likeness (QED) is 0.759. The minimum atomic E-state index is 0.485. The van der Waals surface area contributed by atoms with E-state index in [1.165, 1.54) is 27.8 Å². The summed E-state index contributed by atoms with van der Waals surface area (Å²) in [5.41, 5.74) is 7.38. The first-order valence-electron chi connectivity index (χ1n) is 6.16. The number of hydrogen-bond acceptors (Lipinski definition) is 1. The van der Waals surface area contributed by atoms with Gasteiger partial charge in [-0.15, -0.1) is 0 Å². The van der Waals surface area contributed by atoms with Crippen molar-refractivity contribution in [3.05, 3.63) is 58.7 Å². The van der Waals surface area contributed by atoms with Gasteiger partial charge < -0.3 is 0 Å². The van der Waals surface area contributed by atoms with Crippen LogP contribution in [0.25, 0.3) is 11.1 Å². The van der Waals surface area contributed by atoms with Gasteiger partial charge in [-0.3, -0.25) is 0 Å². The maximum atomic E-state index is 8.76. The first-order valence-corrected chi connectivity index (χ1v) is 6.16. The van der Waals surface area contributed by atoms with Crippen LogP contribution in [0.3, 0.4) is 0 Å². The van der Waals surface area contributed by atoms with Crippen molar-refractivity contribution in [1.29, 1.82) is 5.26 Å². The Morgan fingerprint density at radius 1 is 0.944 bits per heavy atom. The highest BCUT2D eigenvalue weighted by molar-refractivity contribution is 5.69. The van der Waals surface area contributed by atoms with E-state index >= 15 is 0 Å². The van der Waals surface area contributed by atoms with Crippen molar-refractivity contribution < 1.29 is 0 Å². The molecule has 0 fully saturated rings. The average Bonchev–Trinajstić information content (AvgIpc) is 2.35. The van der Waals surface area contributed by atoms with Gasteiger partial charge >= 0.3 is 0 Å². The van der Waals surface area contributed by atoms with E-state index in [1.54, 1.807) is 0 Å². The summed E-state index contributed by atoms with van der Waals surface area (Å²) in [5, 5.41) is 8.76. The predicted octanol–water partition coefficient (Wildman–Crippen LogP) is 4.34. The predicted molar refractivity (Wildman–Crippen MR) is 75.4 cm³/mol. The highest BCUT2D eigenvalue weighted by Gasteiger charge is 2.05. The Bertz CT molecular complexity index is 618. The van der Waals surface area contributed by atoms with Crippen LogP contribution in [0.5, 0.6) is 0 Å². The van der Waals surface area contributed by atoms with Crippen LogP contribution in [0.1, 0.15) is 22.3 Å². The van der Waals surface area contributed by atoms with E-state index in [1.807, 2.05) is 0 Å². The summed E-state index contributed by atoms with van der Waals surface area (Å²) in [7, 11) is 0. The molecule has 0 saturated heterocycles. The number of nitrogens with zero attached hydrogens (tertiary/aromatic N) is 1. The Balaban J connectivity index is 2.49. The van der Waals surface area contributed by atoms with Gasteiger partial charge in [0, 0.05) is 0 Å². The van der Waals surface area contributed by atoms with Gasteiger partial charge in [0.2, 0.25) is 0 Å². The number of rotatable bonds is 2. The van der Waals surface area contributed by atoms with Gasteiger partial charge in [0.1, 0.15) is 0 Å². The van der Waals surface area contributed by atoms with Crippen molar-refractivity contribution in [2.24, 2.45) is 0 Å². The minimum absolute atomic E-state index is 0.485. The standard InChI is InChI=1S/C17H17N/c1-12-4-5-13(2)17(10-12)16-7-6-15(8-9-18)14(3)11-16/h4-7,10-11H,8H2,1-3H3. The third-order valence-corrected chi connectivity index (χ3v) is 3.32. The monoisotopic (exact) mass is 235 g/mol. The molecule has 0 aromatic heterocycles. The molecule has 0 saturated carbocycles. The molecule has 0 atom stereocenters. The van der Waals surface area contributed by atoms with E-state index in [-0.39, 0.29) is 0 Å². The van der Waals surface area contributed by atoms with Gasteiger partial charge in [-0.05, 0) is 48.6 Å². The smallest absolute Gasteiger partial charge is 0.0669 e. The molecular formula is C17H17N. The highest BCUT2D eigenvalue weighted by atomic mass is 14.2. The summed E-state index contributed by atoms with van der Waals surface area (Å²) in [6, 6.07) is 15.1. The van der Waals surface area contributed by atoms with E-state index in [4.69, 9.17) is 5.26 Å². The van der Waals surface area contributed by atoms with Crippen molar-refractivity contribution in [3.63, 3.8) is 0 Å². The van der Waals surface area contributed by atoms with E-state index in [9.17, 15) is 0 Å². The SMILES string of the molecule is Cc1ccc(C)c(-c2ccc(CC#N)c(C)c2)c1. The van der Waals surface area contributed by atoms with Crippen LogP contribution in [0.4, 0.5) is 0 Å². The molecule has 1 nitrogen and oxygen atoms in total. The Hall–Kier alpha value is -2.07. The molecule has 2 aromatic carbocycles. The number of benzene rings is 2. The molecule has 18 heavy (non-hydrogen) atoms. The summed E-state index contributed by atoms with van der Waals surface area (Å²) in [5.74, 6) is 0. The first-order chi connectivity index (χ1) is 8.61. The molecule has 0 unspecified atom stereocenters. The van der Waals surface area contributed by atoms with Crippen LogP contribution in [-0.4, -0.2) is 0 Å². The first kappa shape index (κ1) is 12.4. The van der Waals surface area contributed by atoms with Gasteiger partial charge in [-0.25, -0.2) is 0 Å². The fraction of sp³-hybridized carbons (Fsp3) is 0.235. The second kappa shape index (κ2) is 5.06. The Morgan fingerprint density at radius 2 is 1.72 bits per heavy atom. The molecule has 0 bridgehead atoms. The fourth-order valence-corrected chi connectivity index (χ4v) is 2.19. The molecule has 90 valence electrons. The molecule has 0 aliphatic heterocycles. The number of nitriles is 1. The van der Waals surface area contributed by atoms with Crippen molar-refractivity contribution in [2.45, 2.75) is 27.2 Å². The molecule has 0 amide bonds. The van der Waals surface area contributed by atoms with Gasteiger partial charge in [-0.2, -0.15) is 5.26 Å². The molecule has 1 heteroatoms. The second-order valence-electron chi connectivity index (χ2n) is 4.79. The van der Waals surface area contributed by atoms with E-state index < -0.39 is 0 Å². The van der Waals surface area contributed by atoms with Crippen molar-refractivity contribution >= 4 is 0 Å². The Morgan fingerprint density at radius 3 is 2.39 bits per heavy atom. The van der Waals surface area contributed by atoms with Crippen LogP contribution in [0.15, 0.2) is 36.4 Å². The zero-order valence-corrected chi connectivity index (χ0v) is 11.1. The van der Waals surface area contributed by atoms with E-state index in [0.717, 1.165) is 5.56 Å². The summed E-state index contributed by atoms with van der Waals surface area (Å²) in [6.45, 7) is 6.31. The molecule has 0 aliphatic rings. The van der Waals surface area contributed by atoms with Crippen molar-refractivity contribution in [2.75, 3.05) is 0 Å². The number of aryl methyl sites for hydroxylation is 3. The Kier molecular flexibility index (Phi) is 3.48. The molecule has 0 aliphatic carbocycles. The molecule has 2 rings (SSSR count). The molecular weight excluding hydrogens is 218 g/mol. The zero-order valence-electron chi connectivity index (χ0n) is 11.1. The van der Waals surface area contributed by atoms with Crippen molar-refractivity contribution in [3.8, 4) is 17.2 Å². The average molecular weight is 235 g/mol. The maximum Gasteiger partial charge on any atom is 0.0669 e. The van der Waals surface area contributed by atoms with Gasteiger partial charge in [0.15, 0.2) is 0 Å². The highest BCUT2D eigenvalue weighted by Crippen LogP contribution is 2.26. The van der Waals surface area contributed by atoms with E-state index in [0.29, 0.717) is 6.42 Å². The molecule has 0 N–H and O–H groups in total. The third-order valence-electron chi connectivity index (χ3n) is 3.32. The van der Waals surface area contributed by atoms with Gasteiger partial charge in [0.05, 0.1) is 12.5 Å². The lowest BCUT2D eigenvalue weighted by atomic mass is 9.95. The summed E-state index contributed by atoms with van der Waals surface area (Å²) < 4.78 is 0. The van der Waals surface area contributed by atoms with Crippen LogP contribution < -0.4 is 0 Å². The molecule has 0 spiro atoms. The summed E-state index contributed by atoms with van der Waals surface area (Å²) in [4.78, 5) is 0. The largest absolute Gasteiger partial charge is 0.198 e. The Labute approximate surface area is 109 Å². The lowest BCUT2D eigenvalue weighted by Crippen LogP contribution is -1.90. The molecule has 0 radical (unpaired) electrons. The van der Waals surface area contributed by atoms with E-state index in [2.05, 4.69) is 63.2 Å². The van der Waals surface area contributed by atoms with Crippen molar-refractivity contribution in [1.82, 2.24) is 0 Å². The van der Waals surface area contributed by atoms with Crippen LogP contribution in [0.2, 0.25) is 0 Å². The summed E-state index contributed by atoms with van der Waals surface area (Å²) >= 11 is 0. The second-order valence-corrected chi connectivity index (χ2v) is 4.79. The van der Waals surface area contributed by atoms with Crippen LogP contribution >= 0.6 is 0 Å². The normalized spacial score (nSPS) is 10.1. The van der Waals surface area contributed by atoms with Gasteiger partial charge in [-0.1, -0.05) is 42.0 Å². The van der Waals surface area contributed by atoms with Gasteiger partial charge in [0.25, 0.3) is 0 Å². The maximum absolute atomic E-state index is 8.76. The topological polar surface area (TPSA) is 23.8 Å².